The highest BCUT2D eigenvalue weighted by atomic mass is 16.1. The molecule has 2 rings (SSSR count). The quantitative estimate of drug-likeness (QED) is 0.557. The smallest absolute Gasteiger partial charge is 0.163 e. The number of rotatable bonds is 0. The molecule has 0 bridgehead atoms. The average molecular weight is 152 g/mol. The van der Waals surface area contributed by atoms with Crippen LogP contribution in [0.5, 0.6) is 0 Å². The van der Waals surface area contributed by atoms with Crippen LogP contribution in [-0.4, -0.2) is 5.78 Å². The molecule has 0 heterocycles. The number of fused-ring (bicyclic) bond motifs is 1. The van der Waals surface area contributed by atoms with Crippen LogP contribution < -0.4 is 0 Å². The van der Waals surface area contributed by atoms with E-state index in [-0.39, 0.29) is 0 Å². The molecule has 0 spiro atoms. The fourth-order valence-corrected chi connectivity index (χ4v) is 1.58. The topological polar surface area (TPSA) is 17.1 Å². The highest BCUT2D eigenvalue weighted by molar-refractivity contribution is 5.98. The molecule has 0 amide bonds. The molecule has 1 aromatic rings. The first kappa shape index (κ1) is 6.59. The lowest BCUT2D eigenvalue weighted by Gasteiger charge is -2.12. The van der Waals surface area contributed by atoms with Gasteiger partial charge in [0.25, 0.3) is 0 Å². The van der Waals surface area contributed by atoms with E-state index in [0.29, 0.717) is 5.78 Å². The highest BCUT2D eigenvalue weighted by Gasteiger charge is 2.14. The van der Waals surface area contributed by atoms with Gasteiger partial charge in [-0.1, -0.05) is 24.3 Å². The Hall–Kier alpha value is -1.11. The minimum atomic E-state index is 0.312. The Kier molecular flexibility index (Phi) is 1.50. The summed E-state index contributed by atoms with van der Waals surface area (Å²) in [6, 6.07) is 7.91. The van der Waals surface area contributed by atoms with Gasteiger partial charge in [0.1, 0.15) is 0 Å². The van der Waals surface area contributed by atoms with Crippen molar-refractivity contribution in [1.29, 1.82) is 0 Å². The third-order valence-electron chi connectivity index (χ3n) is 2.17. The molecule has 0 N–H and O–H groups in total. The first-order valence-corrected chi connectivity index (χ1v) is 3.99. The van der Waals surface area contributed by atoms with Crippen LogP contribution in [0.1, 0.15) is 28.8 Å². The van der Waals surface area contributed by atoms with Crippen LogP contribution in [0.15, 0.2) is 24.3 Å². The Morgan fingerprint density at radius 3 is 2.73 bits per heavy atom. The molecule has 0 aromatic heterocycles. The number of ketones is 1. The lowest BCUT2D eigenvalue weighted by atomic mass is 10.2. The molecule has 0 saturated heterocycles. The summed E-state index contributed by atoms with van der Waals surface area (Å²) < 4.78 is 0. The lowest BCUT2D eigenvalue weighted by Crippen LogP contribution is -2.09. The molecule has 1 aliphatic rings. The first-order valence-electron chi connectivity index (χ1n) is 3.99. The van der Waals surface area contributed by atoms with Crippen molar-refractivity contribution in [3.63, 3.8) is 0 Å². The molecule has 1 aromatic carbocycles. The molecular formula is C10H10O. The summed E-state index contributed by atoms with van der Waals surface area (Å²) >= 11 is 0. The lowest BCUT2D eigenvalue weighted by molar-refractivity contribution is 0.0972. The molecule has 0 saturated carbocycles. The molecule has 11 heavy (non-hydrogen) atoms. The van der Waals surface area contributed by atoms with Crippen LogP contribution in [-0.2, 0) is 6.42 Å². The minimum Gasteiger partial charge on any atom is -0.294 e. The number of hydrogen-bond donors (Lipinski definition) is 0. The Morgan fingerprint density at radius 1 is 1.09 bits per heavy atom. The predicted molar refractivity (Wildman–Crippen MR) is 43.7 cm³/mol. The number of Topliss-reactive ketones (excluding diaryl/α,β-unsaturated/α-hetero) is 1. The maximum absolute atomic E-state index is 11.3. The van der Waals surface area contributed by atoms with Crippen LogP contribution >= 0.6 is 0 Å². The van der Waals surface area contributed by atoms with Crippen LogP contribution in [0.25, 0.3) is 0 Å². The molecule has 0 atom stereocenters. The van der Waals surface area contributed by atoms with E-state index < -0.39 is 0 Å². The SMILES string of the molecule is O=C1CCC[13c]2[13cH][13cH][13cH][13cH][13c]21. The Labute approximate surface area is 66.0 Å². The van der Waals surface area contributed by atoms with Gasteiger partial charge in [0.05, 0.1) is 0 Å². The van der Waals surface area contributed by atoms with E-state index in [9.17, 15) is 4.79 Å². The van der Waals surface area contributed by atoms with Crippen molar-refractivity contribution in [2.24, 2.45) is 0 Å². The van der Waals surface area contributed by atoms with Crippen LogP contribution in [0.3, 0.4) is 0 Å². The standard InChI is InChI=1S/C10H10O/c11-10-7-3-5-8-4-1-2-6-9(8)10/h1-2,4,6H,3,5,7H2/i1+1,2+1,4+1,6+1,8+1,9+1. The third-order valence-corrected chi connectivity index (χ3v) is 2.17. The predicted octanol–water partition coefficient (Wildman–Crippen LogP) is 2.21. The van der Waals surface area contributed by atoms with Crippen molar-refractivity contribution >= 4 is 5.78 Å². The third kappa shape index (κ3) is 1.07. The van der Waals surface area contributed by atoms with Crippen LogP contribution in [0, 0.1) is 0 Å². The summed E-state index contributed by atoms with van der Waals surface area (Å²) in [4.78, 5) is 11.3. The molecule has 1 aliphatic carbocycles. The van der Waals surface area contributed by atoms with Crippen molar-refractivity contribution < 1.29 is 4.79 Å². The van der Waals surface area contributed by atoms with Gasteiger partial charge in [0.15, 0.2) is 5.78 Å². The fourth-order valence-electron chi connectivity index (χ4n) is 1.58. The summed E-state index contributed by atoms with van der Waals surface area (Å²) in [5.74, 6) is 0.312. The van der Waals surface area contributed by atoms with Crippen molar-refractivity contribution in [2.45, 2.75) is 19.3 Å². The van der Waals surface area contributed by atoms with E-state index in [1.807, 2.05) is 24.3 Å². The summed E-state index contributed by atoms with van der Waals surface area (Å²) in [5.41, 5.74) is 2.17. The van der Waals surface area contributed by atoms with E-state index in [1.165, 1.54) is 5.56 Å². The number of aryl methyl sites for hydroxylation is 1. The van der Waals surface area contributed by atoms with Gasteiger partial charge in [-0.05, 0) is 18.4 Å². The highest BCUT2D eigenvalue weighted by Crippen LogP contribution is 2.19. The van der Waals surface area contributed by atoms with Gasteiger partial charge in [0, 0.05) is 12.0 Å². The first-order chi connectivity index (χ1) is 5.38. The van der Waals surface area contributed by atoms with Crippen LogP contribution in [0.4, 0.5) is 0 Å². The molecule has 0 unspecified atom stereocenters. The van der Waals surface area contributed by atoms with Crippen LogP contribution in [0.2, 0.25) is 0 Å². The van der Waals surface area contributed by atoms with Crippen molar-refractivity contribution in [1.82, 2.24) is 0 Å². The molecule has 0 aliphatic heterocycles. The van der Waals surface area contributed by atoms with Gasteiger partial charge in [0.2, 0.25) is 0 Å². The van der Waals surface area contributed by atoms with Gasteiger partial charge >= 0.3 is 0 Å². The second-order valence-electron chi connectivity index (χ2n) is 2.93. The van der Waals surface area contributed by atoms with Gasteiger partial charge in [-0.2, -0.15) is 0 Å². The zero-order chi connectivity index (χ0) is 7.68. The van der Waals surface area contributed by atoms with Crippen molar-refractivity contribution in [3.8, 4) is 0 Å². The van der Waals surface area contributed by atoms with Gasteiger partial charge < -0.3 is 0 Å². The summed E-state index contributed by atoms with van der Waals surface area (Å²) in [5, 5.41) is 0. The largest absolute Gasteiger partial charge is 0.294 e. The Bertz CT molecular complexity index is 289. The number of hydrogen-bond acceptors (Lipinski definition) is 1. The van der Waals surface area contributed by atoms with E-state index in [4.69, 9.17) is 0 Å². The monoisotopic (exact) mass is 152 g/mol. The van der Waals surface area contributed by atoms with E-state index in [1.54, 1.807) is 0 Å². The maximum atomic E-state index is 11.3. The second-order valence-corrected chi connectivity index (χ2v) is 2.93. The average Bonchev–Trinajstić information content (AvgIpc) is 2.06. The van der Waals surface area contributed by atoms with Gasteiger partial charge in [-0.25, -0.2) is 0 Å². The molecule has 1 nitrogen and oxygen atoms in total. The zero-order valence-electron chi connectivity index (χ0n) is 6.34. The number of benzene rings is 1. The van der Waals surface area contributed by atoms with Crippen molar-refractivity contribution in [2.75, 3.05) is 0 Å². The summed E-state index contributed by atoms with van der Waals surface area (Å²) in [7, 11) is 0. The molecule has 56 valence electrons. The fraction of sp³-hybridized carbons (Fsp3) is 0.300. The second kappa shape index (κ2) is 2.50. The van der Waals surface area contributed by atoms with Gasteiger partial charge in [-0.3, -0.25) is 4.79 Å². The number of carbonyl (C=O) groups excluding carboxylic acids is 1. The Morgan fingerprint density at radius 2 is 1.91 bits per heavy atom. The summed E-state index contributed by atoms with van der Waals surface area (Å²) in [6.07, 6.45) is 2.83. The van der Waals surface area contributed by atoms with Crippen molar-refractivity contribution in [3.05, 3.63) is 35.4 Å². The minimum absolute atomic E-state index is 0.312. The van der Waals surface area contributed by atoms with E-state index in [2.05, 4.69) is 0 Å². The molecule has 0 radical (unpaired) electrons. The molecule has 1 heteroatoms. The zero-order valence-corrected chi connectivity index (χ0v) is 6.34. The molecular weight excluding hydrogens is 142 g/mol. The normalized spacial score (nSPS) is 16.2. The van der Waals surface area contributed by atoms with Gasteiger partial charge in [-0.15, -0.1) is 0 Å². The van der Waals surface area contributed by atoms with E-state index >= 15 is 0 Å². The summed E-state index contributed by atoms with van der Waals surface area (Å²) in [6.45, 7) is 0. The van der Waals surface area contributed by atoms with E-state index in [0.717, 1.165) is 24.8 Å². The Balaban J connectivity index is 2.52. The molecule has 0 fully saturated rings. The maximum Gasteiger partial charge on any atom is 0.163 e. The number of carbonyl (C=O) groups is 1.